The number of hydrogen-bond acceptors (Lipinski definition) is 1. The van der Waals surface area contributed by atoms with Gasteiger partial charge in [-0.15, -0.1) is 16.3 Å². The fourth-order valence-corrected chi connectivity index (χ4v) is 0.997. The van der Waals surface area contributed by atoms with Crippen molar-refractivity contribution >= 4 is 36.0 Å². The van der Waals surface area contributed by atoms with Gasteiger partial charge in [0.2, 0.25) is 0 Å². The molecule has 1 aromatic carbocycles. The van der Waals surface area contributed by atoms with Crippen LogP contribution in [0.3, 0.4) is 0 Å². The summed E-state index contributed by atoms with van der Waals surface area (Å²) in [4.78, 5) is 0. The van der Waals surface area contributed by atoms with Crippen LogP contribution in [0, 0.1) is 0 Å². The largest absolute Gasteiger partial charge is 0.147 e. The highest BCUT2D eigenvalue weighted by Gasteiger charge is 1.95. The van der Waals surface area contributed by atoms with Crippen LogP contribution in [0.25, 0.3) is 0 Å². The van der Waals surface area contributed by atoms with Crippen LogP contribution in [0.5, 0.6) is 0 Å². The van der Waals surface area contributed by atoms with Crippen molar-refractivity contribution in [1.29, 1.82) is 0 Å². The minimum Gasteiger partial charge on any atom is -0.147 e. The highest BCUT2D eigenvalue weighted by Crippen LogP contribution is 2.07. The summed E-state index contributed by atoms with van der Waals surface area (Å²) in [5.41, 5.74) is 1.10. The van der Waals surface area contributed by atoms with Gasteiger partial charge in [-0.3, -0.25) is 0 Å². The number of halogens is 3. The van der Waals surface area contributed by atoms with E-state index in [-0.39, 0.29) is 12.4 Å². The van der Waals surface area contributed by atoms with E-state index in [4.69, 9.17) is 23.6 Å². The lowest BCUT2D eigenvalue weighted by molar-refractivity contribution is 0.704. The van der Waals surface area contributed by atoms with Crippen molar-refractivity contribution in [2.24, 2.45) is 0 Å². The van der Waals surface area contributed by atoms with Gasteiger partial charge in [0.15, 0.2) is 0 Å². The highest BCUT2D eigenvalue weighted by molar-refractivity contribution is 6.33. The molecule has 0 spiro atoms. The van der Waals surface area contributed by atoms with E-state index in [1.165, 1.54) is 0 Å². The molecule has 0 bridgehead atoms. The zero-order valence-electron chi connectivity index (χ0n) is 5.71. The average Bonchev–Trinajstić information content (AvgIpc) is 1.88. The second-order valence-electron chi connectivity index (χ2n) is 1.95. The Balaban J connectivity index is 0.000001000. The Labute approximate surface area is 82.5 Å². The van der Waals surface area contributed by atoms with Crippen molar-refractivity contribution in [1.82, 2.24) is 3.94 Å². The van der Waals surface area contributed by atoms with Crippen molar-refractivity contribution in [3.8, 4) is 0 Å². The van der Waals surface area contributed by atoms with E-state index in [9.17, 15) is 0 Å². The average molecular weight is 213 g/mol. The molecule has 0 fully saturated rings. The van der Waals surface area contributed by atoms with Gasteiger partial charge in [-0.05, 0) is 29.1 Å². The zero-order valence-corrected chi connectivity index (χ0v) is 8.03. The second-order valence-corrected chi connectivity index (χ2v) is 2.94. The van der Waals surface area contributed by atoms with Crippen molar-refractivity contribution in [3.05, 3.63) is 35.9 Å². The van der Waals surface area contributed by atoms with Gasteiger partial charge in [0.25, 0.3) is 0 Å². The summed E-state index contributed by atoms with van der Waals surface area (Å²) in [6.45, 7) is 0.559. The molecular weight excluding hydrogens is 204 g/mol. The van der Waals surface area contributed by atoms with Gasteiger partial charge in [-0.25, -0.2) is 0 Å². The molecule has 0 unspecified atom stereocenters. The minimum atomic E-state index is 0. The maximum Gasteiger partial charge on any atom is 0.0554 e. The summed E-state index contributed by atoms with van der Waals surface area (Å²) in [7, 11) is 0. The molecule has 0 aliphatic rings. The van der Waals surface area contributed by atoms with Gasteiger partial charge < -0.3 is 0 Å². The number of hydrogen-bond donors (Lipinski definition) is 0. The fraction of sp³-hybridized carbons (Fsp3) is 0.143. The van der Waals surface area contributed by atoms with Crippen LogP contribution in [0.4, 0.5) is 0 Å². The SMILES string of the molecule is Cl.ClN(Cl)Cc1ccccc1. The Hall–Kier alpha value is 0.0500. The number of rotatable bonds is 2. The van der Waals surface area contributed by atoms with E-state index < -0.39 is 0 Å². The monoisotopic (exact) mass is 211 g/mol. The fourth-order valence-electron chi connectivity index (χ4n) is 0.721. The predicted octanol–water partition coefficient (Wildman–Crippen LogP) is 3.22. The summed E-state index contributed by atoms with van der Waals surface area (Å²) in [6.07, 6.45) is 0. The Morgan fingerprint density at radius 2 is 1.64 bits per heavy atom. The van der Waals surface area contributed by atoms with E-state index in [0.29, 0.717) is 6.54 Å². The Morgan fingerprint density at radius 1 is 1.09 bits per heavy atom. The molecule has 1 aromatic rings. The van der Waals surface area contributed by atoms with Gasteiger partial charge in [0.05, 0.1) is 6.54 Å². The van der Waals surface area contributed by atoms with Gasteiger partial charge in [-0.1, -0.05) is 30.3 Å². The second kappa shape index (κ2) is 5.67. The highest BCUT2D eigenvalue weighted by atomic mass is 35.5. The minimum absolute atomic E-state index is 0. The van der Waals surface area contributed by atoms with Crippen molar-refractivity contribution in [3.63, 3.8) is 0 Å². The van der Waals surface area contributed by atoms with Crippen LogP contribution >= 0.6 is 36.0 Å². The lowest BCUT2D eigenvalue weighted by Gasteiger charge is -2.01. The van der Waals surface area contributed by atoms with E-state index in [2.05, 4.69) is 0 Å². The smallest absolute Gasteiger partial charge is 0.0554 e. The molecule has 4 heteroatoms. The van der Waals surface area contributed by atoms with Gasteiger partial charge in [0, 0.05) is 0 Å². The molecule has 0 aliphatic heterocycles. The quantitative estimate of drug-likeness (QED) is 0.681. The van der Waals surface area contributed by atoms with Crippen LogP contribution in [0.2, 0.25) is 0 Å². The molecule has 0 aliphatic carbocycles. The number of benzene rings is 1. The first-order chi connectivity index (χ1) is 4.79. The van der Waals surface area contributed by atoms with Gasteiger partial charge >= 0.3 is 0 Å². The molecule has 0 radical (unpaired) electrons. The van der Waals surface area contributed by atoms with Crippen molar-refractivity contribution in [2.45, 2.75) is 6.54 Å². The molecule has 0 amide bonds. The summed E-state index contributed by atoms with van der Waals surface area (Å²) < 4.78 is 1.11. The van der Waals surface area contributed by atoms with Gasteiger partial charge in [0.1, 0.15) is 0 Å². The third-order valence-electron chi connectivity index (χ3n) is 1.14. The molecule has 0 N–H and O–H groups in total. The first-order valence-electron chi connectivity index (χ1n) is 2.92. The lowest BCUT2D eigenvalue weighted by atomic mass is 10.2. The molecule has 0 aromatic heterocycles. The van der Waals surface area contributed by atoms with E-state index in [1.54, 1.807) is 0 Å². The summed E-state index contributed by atoms with van der Waals surface area (Å²) >= 11 is 10.8. The molecule has 0 saturated heterocycles. The Kier molecular flexibility index (Phi) is 5.69. The van der Waals surface area contributed by atoms with E-state index >= 15 is 0 Å². The van der Waals surface area contributed by atoms with Crippen LogP contribution in [0.15, 0.2) is 30.3 Å². The normalized spacial score (nSPS) is 9.36. The van der Waals surface area contributed by atoms with Crippen LogP contribution < -0.4 is 0 Å². The first-order valence-corrected chi connectivity index (χ1v) is 3.59. The maximum atomic E-state index is 5.41. The third-order valence-corrected chi connectivity index (χ3v) is 1.38. The predicted molar refractivity (Wildman–Crippen MR) is 50.9 cm³/mol. The molecule has 0 heterocycles. The zero-order chi connectivity index (χ0) is 7.40. The summed E-state index contributed by atoms with van der Waals surface area (Å²) in [5, 5.41) is 0. The summed E-state index contributed by atoms with van der Waals surface area (Å²) in [5.74, 6) is 0. The molecule has 62 valence electrons. The topological polar surface area (TPSA) is 3.24 Å². The Bertz CT molecular complexity index is 188. The molecular formula is C7H8Cl3N. The van der Waals surface area contributed by atoms with Crippen molar-refractivity contribution in [2.75, 3.05) is 0 Å². The maximum absolute atomic E-state index is 5.41. The van der Waals surface area contributed by atoms with Crippen molar-refractivity contribution < 1.29 is 0 Å². The van der Waals surface area contributed by atoms with E-state index in [1.807, 2.05) is 30.3 Å². The Morgan fingerprint density at radius 3 is 2.09 bits per heavy atom. The lowest BCUT2D eigenvalue weighted by Crippen LogP contribution is -1.96. The number of nitrogens with zero attached hydrogens (tertiary/aromatic N) is 1. The van der Waals surface area contributed by atoms with Crippen LogP contribution in [0.1, 0.15) is 5.56 Å². The molecule has 1 nitrogen and oxygen atoms in total. The van der Waals surface area contributed by atoms with Crippen LogP contribution in [-0.4, -0.2) is 3.94 Å². The standard InChI is InChI=1S/C7H7Cl2N.ClH/c8-10(9)6-7-4-2-1-3-5-7;/h1-5H,6H2;1H. The van der Waals surface area contributed by atoms with Crippen LogP contribution in [-0.2, 0) is 6.54 Å². The molecule has 11 heavy (non-hydrogen) atoms. The van der Waals surface area contributed by atoms with Gasteiger partial charge in [-0.2, -0.15) is 0 Å². The molecule has 1 rings (SSSR count). The van der Waals surface area contributed by atoms with E-state index in [0.717, 1.165) is 9.50 Å². The first kappa shape index (κ1) is 11.1. The third kappa shape index (κ3) is 4.49. The molecule has 0 saturated carbocycles. The molecule has 0 atom stereocenters. The summed E-state index contributed by atoms with van der Waals surface area (Å²) in [6, 6.07) is 9.80.